The summed E-state index contributed by atoms with van der Waals surface area (Å²) in [7, 11) is -0.454. The van der Waals surface area contributed by atoms with E-state index in [-0.39, 0.29) is 16.9 Å². The van der Waals surface area contributed by atoms with E-state index in [2.05, 4.69) is 46.7 Å². The zero-order valence-electron chi connectivity index (χ0n) is 22.2. The van der Waals surface area contributed by atoms with E-state index in [4.69, 9.17) is 25.1 Å². The second kappa shape index (κ2) is 9.91. The molecule has 1 spiro atoms. The number of hydrogen-bond donors (Lipinski definition) is 1. The Bertz CT molecular complexity index is 704. The maximum atomic E-state index is 11.4. The van der Waals surface area contributed by atoms with Crippen molar-refractivity contribution in [3.8, 4) is 12.3 Å². The molecule has 1 unspecified atom stereocenters. The smallest absolute Gasteiger partial charge is 0.198 e. The highest BCUT2D eigenvalue weighted by Gasteiger charge is 2.75. The number of terminal acetylenes is 1. The first kappa shape index (κ1) is 27.2. The van der Waals surface area contributed by atoms with Gasteiger partial charge >= 0.3 is 0 Å². The van der Waals surface area contributed by atoms with Gasteiger partial charge < -0.3 is 23.7 Å². The monoisotopic (exact) mass is 480 g/mol. The van der Waals surface area contributed by atoms with Crippen molar-refractivity contribution >= 4 is 8.32 Å². The Balaban J connectivity index is 1.96. The van der Waals surface area contributed by atoms with E-state index in [1.807, 2.05) is 0 Å². The lowest BCUT2D eigenvalue weighted by molar-refractivity contribution is -0.392. The van der Waals surface area contributed by atoms with Gasteiger partial charge in [0.1, 0.15) is 11.2 Å². The van der Waals surface area contributed by atoms with Crippen LogP contribution in [0.1, 0.15) is 85.5 Å². The van der Waals surface area contributed by atoms with E-state index in [1.54, 1.807) is 7.11 Å². The summed E-state index contributed by atoms with van der Waals surface area (Å²) in [6, 6.07) is 0. The zero-order valence-corrected chi connectivity index (χ0v) is 23.2. The third kappa shape index (κ3) is 4.59. The molecule has 0 bridgehead atoms. The Morgan fingerprint density at radius 2 is 1.76 bits per heavy atom. The van der Waals surface area contributed by atoms with E-state index in [0.717, 1.165) is 19.3 Å². The second-order valence-electron chi connectivity index (χ2n) is 12.0. The predicted molar refractivity (Wildman–Crippen MR) is 134 cm³/mol. The fourth-order valence-electron chi connectivity index (χ4n) is 6.33. The van der Waals surface area contributed by atoms with Gasteiger partial charge in [-0.3, -0.25) is 0 Å². The van der Waals surface area contributed by atoms with Crippen molar-refractivity contribution in [1.29, 1.82) is 0 Å². The standard InChI is InChI=1S/C27H48O5Si/c1-9-11-12-13-14-16-25(10-2,32-33(7,8)24(3,4)5)23-21-20-27(30-18-19-31-27)26(21,29-6)17-15-22(23)28/h2,21-23,28H,9,11-20H2,1,3-8H3/t21-,22-,23+,25?,26-/m0/s1. The van der Waals surface area contributed by atoms with E-state index >= 15 is 0 Å². The molecule has 33 heavy (non-hydrogen) atoms. The number of fused-ring (bicyclic) bond motifs is 2. The molecule has 0 aromatic carbocycles. The van der Waals surface area contributed by atoms with Gasteiger partial charge in [0, 0.05) is 25.4 Å². The quantitative estimate of drug-likeness (QED) is 0.248. The molecule has 0 aromatic rings. The van der Waals surface area contributed by atoms with E-state index in [0.29, 0.717) is 32.5 Å². The first-order chi connectivity index (χ1) is 15.4. The molecule has 5 atom stereocenters. The van der Waals surface area contributed by atoms with Gasteiger partial charge in [0.15, 0.2) is 14.1 Å². The van der Waals surface area contributed by atoms with Gasteiger partial charge in [-0.1, -0.05) is 59.3 Å². The number of unbranched alkanes of at least 4 members (excludes halogenated alkanes) is 4. The molecule has 190 valence electrons. The Labute approximate surface area is 203 Å². The topological polar surface area (TPSA) is 57.2 Å². The summed E-state index contributed by atoms with van der Waals surface area (Å²) in [5.41, 5.74) is -1.39. The minimum atomic E-state index is -2.21. The minimum Gasteiger partial charge on any atom is -0.400 e. The van der Waals surface area contributed by atoms with Crippen molar-refractivity contribution in [2.45, 2.75) is 127 Å². The second-order valence-corrected chi connectivity index (χ2v) is 16.8. The normalized spacial score (nSPS) is 33.2. The first-order valence-electron chi connectivity index (χ1n) is 13.1. The molecule has 0 radical (unpaired) electrons. The molecular weight excluding hydrogens is 432 g/mol. The highest BCUT2D eigenvalue weighted by Crippen LogP contribution is 2.65. The Kier molecular flexibility index (Phi) is 8.16. The predicted octanol–water partition coefficient (Wildman–Crippen LogP) is 5.66. The van der Waals surface area contributed by atoms with Gasteiger partial charge in [-0.2, -0.15) is 0 Å². The molecule has 1 aliphatic heterocycles. The van der Waals surface area contributed by atoms with Crippen molar-refractivity contribution in [2.24, 2.45) is 11.8 Å². The van der Waals surface area contributed by atoms with Gasteiger partial charge in [0.2, 0.25) is 0 Å². The number of methoxy groups -OCH3 is 1. The minimum absolute atomic E-state index is 0.0216. The summed E-state index contributed by atoms with van der Waals surface area (Å²) in [5.74, 6) is 2.29. The summed E-state index contributed by atoms with van der Waals surface area (Å²) in [6.07, 6.45) is 14.5. The third-order valence-corrected chi connectivity index (χ3v) is 13.7. The summed E-state index contributed by atoms with van der Waals surface area (Å²) < 4.78 is 25.6. The van der Waals surface area contributed by atoms with Crippen LogP contribution < -0.4 is 0 Å². The molecule has 3 rings (SSSR count). The molecule has 2 saturated carbocycles. The van der Waals surface area contributed by atoms with Crippen molar-refractivity contribution in [1.82, 2.24) is 0 Å². The molecule has 6 heteroatoms. The number of aliphatic hydroxyl groups excluding tert-OH is 1. The van der Waals surface area contributed by atoms with Gasteiger partial charge in [0.25, 0.3) is 0 Å². The number of ether oxygens (including phenoxy) is 3. The highest BCUT2D eigenvalue weighted by molar-refractivity contribution is 6.74. The molecule has 1 saturated heterocycles. The lowest BCUT2D eigenvalue weighted by Crippen LogP contribution is -2.77. The maximum Gasteiger partial charge on any atom is 0.198 e. The zero-order chi connectivity index (χ0) is 24.5. The Hall–Kier alpha value is -0.423. The van der Waals surface area contributed by atoms with Gasteiger partial charge in [-0.05, 0) is 43.8 Å². The molecule has 3 fully saturated rings. The average Bonchev–Trinajstić information content (AvgIpc) is 3.24. The SMILES string of the molecule is C#CC(CCCCCCC)(O[Si](C)(C)C(C)(C)C)[C@H]1[C@@H](O)CC[C@]2(OC)[C@H]1CC21OCCO1. The van der Waals surface area contributed by atoms with Crippen LogP contribution in [0.25, 0.3) is 0 Å². The molecule has 5 nitrogen and oxygen atoms in total. The van der Waals surface area contributed by atoms with Crippen LogP contribution in [0.2, 0.25) is 18.1 Å². The Morgan fingerprint density at radius 1 is 1.12 bits per heavy atom. The lowest BCUT2D eigenvalue weighted by Gasteiger charge is -2.67. The average molecular weight is 481 g/mol. The van der Waals surface area contributed by atoms with Crippen LogP contribution in [0.3, 0.4) is 0 Å². The van der Waals surface area contributed by atoms with Crippen molar-refractivity contribution < 1.29 is 23.7 Å². The molecule has 3 aliphatic rings. The van der Waals surface area contributed by atoms with Crippen LogP contribution in [-0.2, 0) is 18.6 Å². The van der Waals surface area contributed by atoms with Crippen LogP contribution in [0, 0.1) is 24.2 Å². The van der Waals surface area contributed by atoms with Gasteiger partial charge in [-0.15, -0.1) is 6.42 Å². The number of hydrogen-bond acceptors (Lipinski definition) is 5. The van der Waals surface area contributed by atoms with Crippen LogP contribution in [0.15, 0.2) is 0 Å². The molecule has 1 N–H and O–H groups in total. The molecule has 0 amide bonds. The fraction of sp³-hybridized carbons (Fsp3) is 0.926. The lowest BCUT2D eigenvalue weighted by atomic mass is 9.49. The fourth-order valence-corrected chi connectivity index (χ4v) is 7.84. The highest BCUT2D eigenvalue weighted by atomic mass is 28.4. The van der Waals surface area contributed by atoms with Crippen molar-refractivity contribution in [3.63, 3.8) is 0 Å². The summed E-state index contributed by atoms with van der Waals surface area (Å²) in [4.78, 5) is 0. The summed E-state index contributed by atoms with van der Waals surface area (Å²) in [6.45, 7) is 14.7. The van der Waals surface area contributed by atoms with Crippen LogP contribution in [0.4, 0.5) is 0 Å². The largest absolute Gasteiger partial charge is 0.400 e. The first-order valence-corrected chi connectivity index (χ1v) is 16.0. The van der Waals surface area contributed by atoms with Crippen molar-refractivity contribution in [2.75, 3.05) is 20.3 Å². The van der Waals surface area contributed by atoms with E-state index in [9.17, 15) is 5.11 Å². The molecular formula is C27H48O5Si. The molecule has 0 aromatic heterocycles. The van der Waals surface area contributed by atoms with Gasteiger partial charge in [0.05, 0.1) is 19.3 Å². The van der Waals surface area contributed by atoms with Gasteiger partial charge in [-0.25, -0.2) is 0 Å². The molecule has 2 aliphatic carbocycles. The van der Waals surface area contributed by atoms with Crippen molar-refractivity contribution in [3.05, 3.63) is 0 Å². The van der Waals surface area contributed by atoms with E-state index < -0.39 is 31.4 Å². The maximum absolute atomic E-state index is 11.4. The Morgan fingerprint density at radius 3 is 2.30 bits per heavy atom. The van der Waals surface area contributed by atoms with Crippen LogP contribution in [0.5, 0.6) is 0 Å². The number of aliphatic hydroxyl groups is 1. The number of rotatable bonds is 10. The summed E-state index contributed by atoms with van der Waals surface area (Å²) in [5, 5.41) is 11.5. The summed E-state index contributed by atoms with van der Waals surface area (Å²) >= 11 is 0. The molecule has 1 heterocycles. The van der Waals surface area contributed by atoms with Crippen LogP contribution >= 0.6 is 0 Å². The third-order valence-electron chi connectivity index (χ3n) is 9.19. The van der Waals surface area contributed by atoms with E-state index in [1.165, 1.54) is 19.3 Å². The van der Waals surface area contributed by atoms with Crippen LogP contribution in [-0.4, -0.2) is 56.8 Å².